The van der Waals surface area contributed by atoms with Crippen molar-refractivity contribution in [1.29, 1.82) is 0 Å². The molecule has 0 saturated carbocycles. The van der Waals surface area contributed by atoms with Gasteiger partial charge in [-0.1, -0.05) is 36.4 Å². The van der Waals surface area contributed by atoms with Crippen LogP contribution in [-0.4, -0.2) is 17.9 Å². The van der Waals surface area contributed by atoms with Gasteiger partial charge < -0.3 is 4.90 Å². The van der Waals surface area contributed by atoms with E-state index in [4.69, 9.17) is 0 Å². The minimum absolute atomic E-state index is 0.223. The number of carbonyl (C=O) groups excluding carboxylic acids is 1. The molecular weight excluding hydrogens is 254 g/mol. The standard InChI is InChI=1S/C16H19NOS/c1-17(13-14-7-3-2-4-8-14)16(18)11-5-9-15-10-6-12-19-15/h2-4,6-8,10,12H,5,9,11,13H2,1H3. The maximum absolute atomic E-state index is 12.0. The second-order valence-electron chi connectivity index (χ2n) is 4.67. The van der Waals surface area contributed by atoms with Gasteiger partial charge in [-0.15, -0.1) is 11.3 Å². The van der Waals surface area contributed by atoms with Crippen LogP contribution in [0.2, 0.25) is 0 Å². The van der Waals surface area contributed by atoms with E-state index in [9.17, 15) is 4.79 Å². The summed E-state index contributed by atoms with van der Waals surface area (Å²) in [6.45, 7) is 0.693. The van der Waals surface area contributed by atoms with Crippen molar-refractivity contribution >= 4 is 17.2 Å². The fourth-order valence-corrected chi connectivity index (χ4v) is 2.76. The number of hydrogen-bond donors (Lipinski definition) is 0. The number of nitrogens with zero attached hydrogens (tertiary/aromatic N) is 1. The van der Waals surface area contributed by atoms with Crippen molar-refractivity contribution in [3.63, 3.8) is 0 Å². The molecule has 3 heteroatoms. The van der Waals surface area contributed by atoms with Crippen LogP contribution in [0.5, 0.6) is 0 Å². The summed E-state index contributed by atoms with van der Waals surface area (Å²) in [5, 5.41) is 2.08. The number of thiophene rings is 1. The van der Waals surface area contributed by atoms with Gasteiger partial charge in [0.15, 0.2) is 0 Å². The first-order valence-electron chi connectivity index (χ1n) is 6.56. The summed E-state index contributed by atoms with van der Waals surface area (Å²) in [4.78, 5) is 15.2. The Morgan fingerprint density at radius 3 is 2.63 bits per heavy atom. The first kappa shape index (κ1) is 13.8. The third kappa shape index (κ3) is 4.52. The molecule has 2 aromatic rings. The maximum atomic E-state index is 12.0. The number of aryl methyl sites for hydroxylation is 1. The Labute approximate surface area is 118 Å². The van der Waals surface area contributed by atoms with Gasteiger partial charge >= 0.3 is 0 Å². The Morgan fingerprint density at radius 1 is 1.16 bits per heavy atom. The molecule has 0 aliphatic rings. The third-order valence-corrected chi connectivity index (χ3v) is 4.02. The van der Waals surface area contributed by atoms with Crippen LogP contribution in [0.3, 0.4) is 0 Å². The average Bonchev–Trinajstić information content (AvgIpc) is 2.93. The van der Waals surface area contributed by atoms with E-state index in [-0.39, 0.29) is 5.91 Å². The lowest BCUT2D eigenvalue weighted by atomic mass is 10.2. The van der Waals surface area contributed by atoms with E-state index in [1.807, 2.05) is 30.1 Å². The summed E-state index contributed by atoms with van der Waals surface area (Å²) < 4.78 is 0. The van der Waals surface area contributed by atoms with Crippen molar-refractivity contribution in [2.24, 2.45) is 0 Å². The minimum Gasteiger partial charge on any atom is -0.341 e. The van der Waals surface area contributed by atoms with Gasteiger partial charge in [0, 0.05) is 24.9 Å². The third-order valence-electron chi connectivity index (χ3n) is 3.08. The summed E-state index contributed by atoms with van der Waals surface area (Å²) in [5.74, 6) is 0.223. The molecular formula is C16H19NOS. The van der Waals surface area contributed by atoms with E-state index in [0.717, 1.165) is 12.8 Å². The van der Waals surface area contributed by atoms with Gasteiger partial charge in [0.05, 0.1) is 0 Å². The highest BCUT2D eigenvalue weighted by Gasteiger charge is 2.08. The van der Waals surface area contributed by atoms with E-state index in [1.54, 1.807) is 11.3 Å². The van der Waals surface area contributed by atoms with Crippen LogP contribution in [0, 0.1) is 0 Å². The molecule has 0 unspecified atom stereocenters. The second-order valence-corrected chi connectivity index (χ2v) is 5.70. The van der Waals surface area contributed by atoms with Crippen molar-refractivity contribution < 1.29 is 4.79 Å². The van der Waals surface area contributed by atoms with Crippen LogP contribution in [0.25, 0.3) is 0 Å². The number of amides is 1. The lowest BCUT2D eigenvalue weighted by molar-refractivity contribution is -0.130. The zero-order valence-electron chi connectivity index (χ0n) is 11.2. The molecule has 0 fully saturated rings. The first-order valence-corrected chi connectivity index (χ1v) is 7.44. The van der Waals surface area contributed by atoms with Crippen LogP contribution in [-0.2, 0) is 17.8 Å². The molecule has 0 saturated heterocycles. The van der Waals surface area contributed by atoms with Crippen molar-refractivity contribution in [2.45, 2.75) is 25.8 Å². The summed E-state index contributed by atoms with van der Waals surface area (Å²) in [5.41, 5.74) is 1.18. The predicted molar refractivity (Wildman–Crippen MR) is 80.2 cm³/mol. The van der Waals surface area contributed by atoms with Gasteiger partial charge in [-0.2, -0.15) is 0 Å². The molecule has 0 N–H and O–H groups in total. The fourth-order valence-electron chi connectivity index (χ4n) is 2.00. The SMILES string of the molecule is CN(Cc1ccccc1)C(=O)CCCc1cccs1. The number of carbonyl (C=O) groups is 1. The summed E-state index contributed by atoms with van der Waals surface area (Å²) >= 11 is 1.76. The zero-order valence-corrected chi connectivity index (χ0v) is 12.0. The average molecular weight is 273 g/mol. The quantitative estimate of drug-likeness (QED) is 0.785. The molecule has 0 bridgehead atoms. The molecule has 0 spiro atoms. The molecule has 0 radical (unpaired) electrons. The summed E-state index contributed by atoms with van der Waals surface area (Å²) in [6.07, 6.45) is 2.56. The topological polar surface area (TPSA) is 20.3 Å². The van der Waals surface area contributed by atoms with Crippen molar-refractivity contribution in [3.8, 4) is 0 Å². The lowest BCUT2D eigenvalue weighted by Gasteiger charge is -2.17. The molecule has 0 atom stereocenters. The largest absolute Gasteiger partial charge is 0.341 e. The van der Waals surface area contributed by atoms with Crippen molar-refractivity contribution in [1.82, 2.24) is 4.90 Å². The Hall–Kier alpha value is -1.61. The smallest absolute Gasteiger partial charge is 0.222 e. The van der Waals surface area contributed by atoms with E-state index in [1.165, 1.54) is 10.4 Å². The Kier molecular flexibility index (Phi) is 5.16. The van der Waals surface area contributed by atoms with Gasteiger partial charge in [0.2, 0.25) is 5.91 Å². The molecule has 2 nitrogen and oxygen atoms in total. The van der Waals surface area contributed by atoms with Crippen LogP contribution < -0.4 is 0 Å². The molecule has 1 heterocycles. The molecule has 1 amide bonds. The van der Waals surface area contributed by atoms with Gasteiger partial charge in [-0.05, 0) is 29.9 Å². The van der Waals surface area contributed by atoms with Crippen molar-refractivity contribution in [3.05, 3.63) is 58.3 Å². The van der Waals surface area contributed by atoms with Crippen LogP contribution in [0.1, 0.15) is 23.3 Å². The first-order chi connectivity index (χ1) is 9.25. The Bertz CT molecular complexity index is 493. The lowest BCUT2D eigenvalue weighted by Crippen LogP contribution is -2.25. The molecule has 0 aliphatic heterocycles. The number of rotatable bonds is 6. The van der Waals surface area contributed by atoms with Crippen LogP contribution >= 0.6 is 11.3 Å². The summed E-state index contributed by atoms with van der Waals surface area (Å²) in [7, 11) is 1.88. The van der Waals surface area contributed by atoms with E-state index in [2.05, 4.69) is 29.6 Å². The van der Waals surface area contributed by atoms with Crippen LogP contribution in [0.15, 0.2) is 47.8 Å². The van der Waals surface area contributed by atoms with Gasteiger partial charge in [0.25, 0.3) is 0 Å². The normalized spacial score (nSPS) is 10.4. The van der Waals surface area contributed by atoms with E-state index in [0.29, 0.717) is 13.0 Å². The maximum Gasteiger partial charge on any atom is 0.222 e. The predicted octanol–water partition coefficient (Wildman–Crippen LogP) is 3.73. The Morgan fingerprint density at radius 2 is 1.95 bits per heavy atom. The zero-order chi connectivity index (χ0) is 13.5. The number of benzene rings is 1. The van der Waals surface area contributed by atoms with Gasteiger partial charge in [-0.25, -0.2) is 0 Å². The molecule has 19 heavy (non-hydrogen) atoms. The van der Waals surface area contributed by atoms with Crippen molar-refractivity contribution in [2.75, 3.05) is 7.05 Å². The fraction of sp³-hybridized carbons (Fsp3) is 0.312. The second kappa shape index (κ2) is 7.10. The highest BCUT2D eigenvalue weighted by molar-refractivity contribution is 7.09. The monoisotopic (exact) mass is 273 g/mol. The molecule has 1 aromatic heterocycles. The van der Waals surface area contributed by atoms with E-state index >= 15 is 0 Å². The highest BCUT2D eigenvalue weighted by Crippen LogP contribution is 2.13. The van der Waals surface area contributed by atoms with Gasteiger partial charge in [-0.3, -0.25) is 4.79 Å². The van der Waals surface area contributed by atoms with Crippen LogP contribution in [0.4, 0.5) is 0 Å². The molecule has 100 valence electrons. The minimum atomic E-state index is 0.223. The molecule has 2 rings (SSSR count). The number of hydrogen-bond acceptors (Lipinski definition) is 2. The Balaban J connectivity index is 1.73. The van der Waals surface area contributed by atoms with E-state index < -0.39 is 0 Å². The summed E-state index contributed by atoms with van der Waals surface area (Å²) in [6, 6.07) is 14.3. The van der Waals surface area contributed by atoms with Gasteiger partial charge in [0.1, 0.15) is 0 Å². The molecule has 0 aliphatic carbocycles. The highest BCUT2D eigenvalue weighted by atomic mass is 32.1. The molecule has 1 aromatic carbocycles.